The minimum atomic E-state index is -0.0287. The average Bonchev–Trinajstić information content (AvgIpc) is 2.74. The lowest BCUT2D eigenvalue weighted by Crippen LogP contribution is -2.23. The number of hydrogen-bond donors (Lipinski definition) is 0. The quantitative estimate of drug-likeness (QED) is 0.301. The monoisotopic (exact) mass is 445 g/mol. The highest BCUT2D eigenvalue weighted by Gasteiger charge is 2.17. The predicted molar refractivity (Wildman–Crippen MR) is 125 cm³/mol. The van der Waals surface area contributed by atoms with Crippen LogP contribution in [0.2, 0.25) is 0 Å². The van der Waals surface area contributed by atoms with Gasteiger partial charge in [-0.3, -0.25) is 9.69 Å². The Morgan fingerprint density at radius 3 is 2.14 bits per heavy atom. The fraction of sp³-hybridized carbons (Fsp3) is 0.115. The number of rotatable bonds is 8. The molecule has 0 radical (unpaired) electrons. The van der Waals surface area contributed by atoms with Gasteiger partial charge in [0, 0.05) is 28.7 Å². The van der Waals surface area contributed by atoms with E-state index in [-0.39, 0.29) is 5.78 Å². The summed E-state index contributed by atoms with van der Waals surface area (Å²) in [7, 11) is 2.01. The molecular formula is C26H24BrNO. The van der Waals surface area contributed by atoms with Crippen LogP contribution in [0.3, 0.4) is 0 Å². The van der Waals surface area contributed by atoms with Crippen LogP contribution in [0.15, 0.2) is 102 Å². The third-order valence-electron chi connectivity index (χ3n) is 4.59. The largest absolute Gasteiger partial charge is 0.298 e. The van der Waals surface area contributed by atoms with Gasteiger partial charge < -0.3 is 0 Å². The maximum Gasteiger partial charge on any atom is 0.190 e. The molecule has 29 heavy (non-hydrogen) atoms. The highest BCUT2D eigenvalue weighted by Crippen LogP contribution is 2.23. The van der Waals surface area contributed by atoms with Crippen LogP contribution in [0.25, 0.3) is 11.6 Å². The van der Waals surface area contributed by atoms with E-state index in [1.165, 1.54) is 5.56 Å². The van der Waals surface area contributed by atoms with E-state index in [9.17, 15) is 4.79 Å². The number of nitrogens with zero attached hydrogens (tertiary/aromatic N) is 1. The van der Waals surface area contributed by atoms with Gasteiger partial charge in [0.25, 0.3) is 0 Å². The molecule has 2 nitrogen and oxygen atoms in total. The van der Waals surface area contributed by atoms with Crippen LogP contribution in [0.5, 0.6) is 0 Å². The van der Waals surface area contributed by atoms with Crippen LogP contribution in [-0.4, -0.2) is 24.3 Å². The Hall–Kier alpha value is -2.75. The van der Waals surface area contributed by atoms with Crippen LogP contribution >= 0.6 is 15.9 Å². The number of benzene rings is 3. The molecule has 0 saturated carbocycles. The summed E-state index contributed by atoms with van der Waals surface area (Å²) in [5, 5.41) is 0. The second-order valence-electron chi connectivity index (χ2n) is 7.07. The smallest absolute Gasteiger partial charge is 0.190 e. The zero-order valence-corrected chi connectivity index (χ0v) is 18.1. The van der Waals surface area contributed by atoms with Crippen molar-refractivity contribution in [2.75, 3.05) is 13.6 Å². The van der Waals surface area contributed by atoms with E-state index in [0.29, 0.717) is 17.7 Å². The summed E-state index contributed by atoms with van der Waals surface area (Å²) in [5.74, 6) is -0.0287. The Bertz CT molecular complexity index is 992. The van der Waals surface area contributed by atoms with Crippen molar-refractivity contribution in [1.82, 2.24) is 4.90 Å². The van der Waals surface area contributed by atoms with Crippen LogP contribution in [0, 0.1) is 0 Å². The van der Waals surface area contributed by atoms with Gasteiger partial charge in [0.2, 0.25) is 0 Å². The minimum absolute atomic E-state index is 0.0287. The van der Waals surface area contributed by atoms with Crippen molar-refractivity contribution in [3.63, 3.8) is 0 Å². The first kappa shape index (κ1) is 21.0. The van der Waals surface area contributed by atoms with Crippen LogP contribution in [0.1, 0.15) is 16.7 Å². The van der Waals surface area contributed by atoms with Gasteiger partial charge in [0.15, 0.2) is 5.78 Å². The van der Waals surface area contributed by atoms with Gasteiger partial charge in [0.1, 0.15) is 0 Å². The number of likely N-dealkylation sites (N-methyl/N-ethyl adjacent to an activating group) is 1. The first-order chi connectivity index (χ1) is 14.0. The molecule has 0 spiro atoms. The average molecular weight is 446 g/mol. The molecule has 3 aromatic carbocycles. The number of carbonyl (C=O) groups is 1. The lowest BCUT2D eigenvalue weighted by atomic mass is 9.95. The van der Waals surface area contributed by atoms with Crippen molar-refractivity contribution in [3.05, 3.63) is 118 Å². The van der Waals surface area contributed by atoms with Crippen molar-refractivity contribution >= 4 is 33.4 Å². The fourth-order valence-electron chi connectivity index (χ4n) is 3.16. The van der Waals surface area contributed by atoms with Gasteiger partial charge in [-0.2, -0.15) is 0 Å². The molecule has 0 fully saturated rings. The Labute approximate surface area is 181 Å². The summed E-state index contributed by atoms with van der Waals surface area (Å²) in [6.45, 7) is 5.38. The predicted octanol–water partition coefficient (Wildman–Crippen LogP) is 6.25. The molecule has 0 aliphatic carbocycles. The molecule has 146 valence electrons. The minimum Gasteiger partial charge on any atom is -0.298 e. The number of halogens is 1. The Kier molecular flexibility index (Phi) is 7.34. The maximum atomic E-state index is 13.3. The lowest BCUT2D eigenvalue weighted by molar-refractivity contribution is -0.110. The first-order valence-electron chi connectivity index (χ1n) is 9.50. The van der Waals surface area contributed by atoms with E-state index in [1.54, 1.807) is 0 Å². The second kappa shape index (κ2) is 10.1. The molecule has 0 aromatic heterocycles. The summed E-state index contributed by atoms with van der Waals surface area (Å²) in [6.07, 6.45) is 1.94. The first-order valence-corrected chi connectivity index (χ1v) is 10.3. The number of hydrogen-bond acceptors (Lipinski definition) is 2. The number of Topliss-reactive ketones (excluding diaryl/α,β-unsaturated/α-hetero) is 1. The molecule has 0 aliphatic rings. The van der Waals surface area contributed by atoms with Gasteiger partial charge in [-0.25, -0.2) is 0 Å². The van der Waals surface area contributed by atoms with Gasteiger partial charge in [-0.05, 0) is 41.9 Å². The number of allylic oxidation sites excluding steroid dienone is 1. The van der Waals surface area contributed by atoms with Crippen molar-refractivity contribution in [1.29, 1.82) is 0 Å². The van der Waals surface area contributed by atoms with Gasteiger partial charge in [0.05, 0.1) is 0 Å². The molecule has 0 aliphatic heterocycles. The zero-order valence-electron chi connectivity index (χ0n) is 16.5. The molecule has 3 aromatic rings. The van der Waals surface area contributed by atoms with Crippen LogP contribution < -0.4 is 0 Å². The van der Waals surface area contributed by atoms with Gasteiger partial charge in [-0.1, -0.05) is 95.3 Å². The van der Waals surface area contributed by atoms with E-state index in [0.717, 1.165) is 22.1 Å². The third kappa shape index (κ3) is 6.11. The molecule has 3 rings (SSSR count). The maximum absolute atomic E-state index is 13.3. The standard InChI is InChI=1S/C26H24BrNO/c1-20(18-28(2)19-22-9-5-3-6-10-22)26(29)25(23-11-7-4-8-12-23)17-21-13-15-24(27)16-14-21/h3-17H,1,18-19H2,2H3/b25-17-. The molecule has 0 unspecified atom stereocenters. The van der Waals surface area contributed by atoms with E-state index in [2.05, 4.69) is 39.5 Å². The topological polar surface area (TPSA) is 20.3 Å². The van der Waals surface area contributed by atoms with Crippen LogP contribution in [0.4, 0.5) is 0 Å². The van der Waals surface area contributed by atoms with Crippen molar-refractivity contribution in [2.45, 2.75) is 6.54 Å². The lowest BCUT2D eigenvalue weighted by Gasteiger charge is -2.18. The molecule has 3 heteroatoms. The Morgan fingerprint density at radius 1 is 0.931 bits per heavy atom. The summed E-state index contributed by atoms with van der Waals surface area (Å²) in [4.78, 5) is 15.4. The number of carbonyl (C=O) groups excluding carboxylic acids is 1. The van der Waals surface area contributed by atoms with E-state index in [1.807, 2.05) is 85.9 Å². The highest BCUT2D eigenvalue weighted by atomic mass is 79.9. The Balaban J connectivity index is 1.80. The molecule has 0 heterocycles. The molecule has 0 bridgehead atoms. The number of ketones is 1. The third-order valence-corrected chi connectivity index (χ3v) is 5.12. The molecule has 0 saturated heterocycles. The molecule has 0 atom stereocenters. The Morgan fingerprint density at radius 2 is 1.52 bits per heavy atom. The molecular weight excluding hydrogens is 422 g/mol. The summed E-state index contributed by atoms with van der Waals surface area (Å²) in [5.41, 5.74) is 4.32. The summed E-state index contributed by atoms with van der Waals surface area (Å²) in [6, 6.07) is 27.9. The summed E-state index contributed by atoms with van der Waals surface area (Å²) >= 11 is 3.46. The van der Waals surface area contributed by atoms with Crippen molar-refractivity contribution in [2.24, 2.45) is 0 Å². The fourth-order valence-corrected chi connectivity index (χ4v) is 3.43. The van der Waals surface area contributed by atoms with Crippen molar-refractivity contribution in [3.8, 4) is 0 Å². The van der Waals surface area contributed by atoms with Crippen LogP contribution in [-0.2, 0) is 11.3 Å². The highest BCUT2D eigenvalue weighted by molar-refractivity contribution is 9.10. The zero-order chi connectivity index (χ0) is 20.6. The van der Waals surface area contributed by atoms with E-state index in [4.69, 9.17) is 0 Å². The van der Waals surface area contributed by atoms with Crippen molar-refractivity contribution < 1.29 is 4.79 Å². The normalized spacial score (nSPS) is 11.5. The van der Waals surface area contributed by atoms with E-state index >= 15 is 0 Å². The second-order valence-corrected chi connectivity index (χ2v) is 7.98. The SMILES string of the molecule is C=C(CN(C)Cc1ccccc1)C(=O)/C(=C\c1ccc(Br)cc1)c1ccccc1. The molecule has 0 N–H and O–H groups in total. The summed E-state index contributed by atoms with van der Waals surface area (Å²) < 4.78 is 1.01. The molecule has 0 amide bonds. The van der Waals surface area contributed by atoms with E-state index < -0.39 is 0 Å². The van der Waals surface area contributed by atoms with Gasteiger partial charge in [-0.15, -0.1) is 0 Å². The van der Waals surface area contributed by atoms with Gasteiger partial charge >= 0.3 is 0 Å².